The Labute approximate surface area is 202 Å². The lowest BCUT2D eigenvalue weighted by atomic mass is 10.0. The number of furan rings is 1. The molecule has 0 bridgehead atoms. The second-order valence-electron chi connectivity index (χ2n) is 8.80. The van der Waals surface area contributed by atoms with Crippen molar-refractivity contribution in [2.45, 2.75) is 32.7 Å². The van der Waals surface area contributed by atoms with Crippen molar-refractivity contribution in [2.24, 2.45) is 5.92 Å². The minimum absolute atomic E-state index is 0.0290. The minimum atomic E-state index is -0.329. The molecule has 1 unspecified atom stereocenters. The van der Waals surface area contributed by atoms with Crippen LogP contribution in [-0.2, 0) is 11.2 Å². The van der Waals surface area contributed by atoms with Crippen molar-refractivity contribution in [1.82, 2.24) is 9.80 Å². The number of carbonyl (C=O) groups excluding carboxylic acids is 2. The Kier molecular flexibility index (Phi) is 7.67. The zero-order chi connectivity index (χ0) is 24.1. The Balaban J connectivity index is 1.51. The van der Waals surface area contributed by atoms with Crippen LogP contribution in [0.25, 0.3) is 0 Å². The Morgan fingerprint density at radius 3 is 2.74 bits per heavy atom. The van der Waals surface area contributed by atoms with E-state index in [1.165, 1.54) is 23.3 Å². The number of benzene rings is 1. The van der Waals surface area contributed by atoms with Gasteiger partial charge in [-0.2, -0.15) is 0 Å². The topological polar surface area (TPSA) is 63.0 Å². The van der Waals surface area contributed by atoms with E-state index >= 15 is 0 Å². The third-order valence-electron chi connectivity index (χ3n) is 5.96. The number of rotatable bonds is 9. The molecular weight excluding hydrogens is 455 g/mol. The summed E-state index contributed by atoms with van der Waals surface area (Å²) in [6.45, 7) is 5.41. The number of amides is 2. The Morgan fingerprint density at radius 1 is 1.24 bits per heavy atom. The van der Waals surface area contributed by atoms with Gasteiger partial charge in [0.15, 0.2) is 5.76 Å². The Bertz CT molecular complexity index is 1090. The quantitative estimate of drug-likeness (QED) is 0.420. The van der Waals surface area contributed by atoms with Crippen molar-refractivity contribution < 1.29 is 23.1 Å². The van der Waals surface area contributed by atoms with E-state index in [2.05, 4.69) is 13.8 Å². The normalized spacial score (nSPS) is 15.3. The van der Waals surface area contributed by atoms with Gasteiger partial charge in [0.1, 0.15) is 24.7 Å². The van der Waals surface area contributed by atoms with Crippen LogP contribution in [0.4, 0.5) is 4.39 Å². The molecule has 1 aromatic carbocycles. The fraction of sp³-hybridized carbons (Fsp3) is 0.385. The van der Waals surface area contributed by atoms with E-state index in [1.807, 2.05) is 11.4 Å². The first-order valence-electron chi connectivity index (χ1n) is 11.5. The summed E-state index contributed by atoms with van der Waals surface area (Å²) in [5.41, 5.74) is 1.07. The first-order chi connectivity index (χ1) is 16.4. The van der Waals surface area contributed by atoms with Gasteiger partial charge in [0.05, 0.1) is 12.3 Å². The van der Waals surface area contributed by atoms with Crippen LogP contribution in [0.1, 0.15) is 47.3 Å². The fourth-order valence-corrected chi connectivity index (χ4v) is 4.99. The molecule has 0 fully saturated rings. The molecule has 0 aliphatic carbocycles. The number of halogens is 1. The zero-order valence-corrected chi connectivity index (χ0v) is 20.2. The van der Waals surface area contributed by atoms with Crippen molar-refractivity contribution in [3.63, 3.8) is 0 Å². The minimum Gasteiger partial charge on any atom is -0.491 e. The molecule has 0 saturated heterocycles. The van der Waals surface area contributed by atoms with E-state index in [4.69, 9.17) is 9.15 Å². The average Bonchev–Trinajstić information content (AvgIpc) is 3.53. The van der Waals surface area contributed by atoms with Gasteiger partial charge in [-0.15, -0.1) is 11.3 Å². The molecule has 0 saturated carbocycles. The summed E-state index contributed by atoms with van der Waals surface area (Å²) in [6.07, 6.45) is 3.01. The molecule has 2 amide bonds. The highest BCUT2D eigenvalue weighted by Gasteiger charge is 2.34. The molecule has 4 rings (SSSR count). The van der Waals surface area contributed by atoms with Crippen LogP contribution in [0.2, 0.25) is 0 Å². The van der Waals surface area contributed by atoms with Crippen molar-refractivity contribution in [1.29, 1.82) is 0 Å². The van der Waals surface area contributed by atoms with Gasteiger partial charge in [-0.25, -0.2) is 4.39 Å². The van der Waals surface area contributed by atoms with Crippen LogP contribution in [0.3, 0.4) is 0 Å². The van der Waals surface area contributed by atoms with Crippen molar-refractivity contribution in [3.05, 3.63) is 76.1 Å². The number of ether oxygens (including phenoxy) is 1. The summed E-state index contributed by atoms with van der Waals surface area (Å²) in [6, 6.07) is 10.9. The van der Waals surface area contributed by atoms with Crippen LogP contribution in [-0.4, -0.2) is 47.9 Å². The number of carbonyl (C=O) groups is 2. The van der Waals surface area contributed by atoms with Crippen LogP contribution >= 0.6 is 11.3 Å². The van der Waals surface area contributed by atoms with E-state index < -0.39 is 0 Å². The van der Waals surface area contributed by atoms with Gasteiger partial charge >= 0.3 is 0 Å². The molecule has 6 nitrogen and oxygen atoms in total. The SMILES string of the molecule is CC(C)CCN(CC(=O)N1CCc2sccc2C1COc1ccc(F)cc1)C(=O)c1ccco1. The molecule has 0 N–H and O–H groups in total. The molecular formula is C26H29FN2O4S. The lowest BCUT2D eigenvalue weighted by Gasteiger charge is -2.37. The van der Waals surface area contributed by atoms with E-state index in [-0.39, 0.29) is 42.6 Å². The molecule has 2 aromatic heterocycles. The molecule has 0 spiro atoms. The van der Waals surface area contributed by atoms with Gasteiger partial charge in [-0.1, -0.05) is 13.8 Å². The summed E-state index contributed by atoms with van der Waals surface area (Å²) >= 11 is 1.67. The predicted molar refractivity (Wildman–Crippen MR) is 128 cm³/mol. The number of thiophene rings is 1. The summed E-state index contributed by atoms with van der Waals surface area (Å²) in [4.78, 5) is 31.2. The summed E-state index contributed by atoms with van der Waals surface area (Å²) in [5, 5.41) is 2.03. The molecule has 0 radical (unpaired) electrons. The van der Waals surface area contributed by atoms with E-state index in [9.17, 15) is 14.0 Å². The summed E-state index contributed by atoms with van der Waals surface area (Å²) in [7, 11) is 0. The van der Waals surface area contributed by atoms with Crippen LogP contribution in [0, 0.1) is 11.7 Å². The molecule has 1 aliphatic heterocycles. The van der Waals surface area contributed by atoms with E-state index in [0.29, 0.717) is 24.8 Å². The second-order valence-corrected chi connectivity index (χ2v) is 9.80. The highest BCUT2D eigenvalue weighted by Crippen LogP contribution is 2.34. The smallest absolute Gasteiger partial charge is 0.290 e. The van der Waals surface area contributed by atoms with Gasteiger partial charge in [0.2, 0.25) is 5.91 Å². The number of hydrogen-bond acceptors (Lipinski definition) is 5. The number of nitrogens with zero attached hydrogens (tertiary/aromatic N) is 2. The van der Waals surface area contributed by atoms with Crippen molar-refractivity contribution >= 4 is 23.2 Å². The largest absolute Gasteiger partial charge is 0.491 e. The molecule has 3 heterocycles. The third kappa shape index (κ3) is 5.67. The lowest BCUT2D eigenvalue weighted by molar-refractivity contribution is -0.135. The highest BCUT2D eigenvalue weighted by atomic mass is 32.1. The fourth-order valence-electron chi connectivity index (χ4n) is 4.06. The van der Waals surface area contributed by atoms with Gasteiger partial charge in [-0.05, 0) is 72.2 Å². The van der Waals surface area contributed by atoms with Crippen LogP contribution < -0.4 is 4.74 Å². The molecule has 34 heavy (non-hydrogen) atoms. The van der Waals surface area contributed by atoms with Gasteiger partial charge in [0.25, 0.3) is 5.91 Å². The number of hydrogen-bond donors (Lipinski definition) is 0. The highest BCUT2D eigenvalue weighted by molar-refractivity contribution is 7.10. The maximum Gasteiger partial charge on any atom is 0.290 e. The third-order valence-corrected chi connectivity index (χ3v) is 6.95. The maximum absolute atomic E-state index is 13.5. The van der Waals surface area contributed by atoms with E-state index in [0.717, 1.165) is 18.4 Å². The first-order valence-corrected chi connectivity index (χ1v) is 12.4. The van der Waals surface area contributed by atoms with E-state index in [1.54, 1.807) is 45.4 Å². The zero-order valence-electron chi connectivity index (χ0n) is 19.4. The molecule has 3 aromatic rings. The lowest BCUT2D eigenvalue weighted by Crippen LogP contribution is -2.48. The standard InChI is InChI=1S/C26H29FN2O4S/c1-18(2)9-12-28(26(31)23-4-3-14-32-23)16-25(30)29-13-10-24-21(11-15-34-24)22(29)17-33-20-7-5-19(27)6-8-20/h3-8,11,14-15,18,22H,9-10,12-13,16-17H2,1-2H3. The molecule has 1 atom stereocenters. The summed E-state index contributed by atoms with van der Waals surface area (Å²) in [5.74, 6) is 0.417. The van der Waals surface area contributed by atoms with Crippen molar-refractivity contribution in [2.75, 3.05) is 26.2 Å². The molecule has 8 heteroatoms. The number of fused-ring (bicyclic) bond motifs is 1. The van der Waals surface area contributed by atoms with Gasteiger partial charge < -0.3 is 19.0 Å². The van der Waals surface area contributed by atoms with Crippen LogP contribution in [0.15, 0.2) is 58.5 Å². The summed E-state index contributed by atoms with van der Waals surface area (Å²) < 4.78 is 24.5. The average molecular weight is 485 g/mol. The Hall–Kier alpha value is -3.13. The second kappa shape index (κ2) is 10.9. The molecule has 1 aliphatic rings. The predicted octanol–water partition coefficient (Wildman–Crippen LogP) is 5.17. The monoisotopic (exact) mass is 484 g/mol. The van der Waals surface area contributed by atoms with Crippen LogP contribution in [0.5, 0.6) is 5.75 Å². The Morgan fingerprint density at radius 2 is 2.03 bits per heavy atom. The molecule has 180 valence electrons. The van der Waals surface area contributed by atoms with Gasteiger partial charge in [-0.3, -0.25) is 9.59 Å². The first kappa shape index (κ1) is 24.0. The van der Waals surface area contributed by atoms with Crippen molar-refractivity contribution in [3.8, 4) is 5.75 Å². The van der Waals surface area contributed by atoms with Gasteiger partial charge in [0, 0.05) is 18.0 Å². The maximum atomic E-state index is 13.5.